The predicted octanol–water partition coefficient (Wildman–Crippen LogP) is 3.85. The number of benzene rings is 2. The van der Waals surface area contributed by atoms with Gasteiger partial charge in [-0.25, -0.2) is 9.78 Å². The molecule has 4 atom stereocenters. The Morgan fingerprint density at radius 1 is 1.04 bits per heavy atom. The molecule has 0 saturated heterocycles. The van der Waals surface area contributed by atoms with E-state index in [0.717, 1.165) is 42.4 Å². The van der Waals surface area contributed by atoms with Gasteiger partial charge in [-0.15, -0.1) is 0 Å². The zero-order valence-corrected chi connectivity index (χ0v) is 28.2. The molecule has 0 radical (unpaired) electrons. The first-order valence-corrected chi connectivity index (χ1v) is 16.8. The van der Waals surface area contributed by atoms with Crippen molar-refractivity contribution in [2.75, 3.05) is 10.6 Å². The Morgan fingerprint density at radius 3 is 2.35 bits per heavy atom. The molecule has 0 unspecified atom stereocenters. The summed E-state index contributed by atoms with van der Waals surface area (Å²) in [5.74, 6) is -1.96. The summed E-state index contributed by atoms with van der Waals surface area (Å²) in [4.78, 5) is 35.2. The molecule has 276 valence electrons. The Bertz CT molecular complexity index is 1910. The third kappa shape index (κ3) is 8.94. The number of carboxylic acid groups (broad SMARTS) is 1. The molecule has 17 heteroatoms. The number of nitrogens with zero attached hydrogens (tertiary/aromatic N) is 5. The number of hydrogen-bond donors (Lipinski definition) is 7. The van der Waals surface area contributed by atoms with E-state index < -0.39 is 36.4 Å². The average Bonchev–Trinajstić information content (AvgIpc) is 3.67. The van der Waals surface area contributed by atoms with Crippen LogP contribution in [0.4, 0.5) is 24.9 Å². The number of carboxylic acids is 1. The van der Waals surface area contributed by atoms with Gasteiger partial charge in [0.15, 0.2) is 17.0 Å². The summed E-state index contributed by atoms with van der Waals surface area (Å²) in [6.45, 7) is 2.21. The summed E-state index contributed by atoms with van der Waals surface area (Å²) in [6, 6.07) is 17.1. The molecule has 4 aromatic rings. The van der Waals surface area contributed by atoms with E-state index in [9.17, 15) is 33.4 Å². The number of anilines is 2. The Kier molecular flexibility index (Phi) is 11.9. The molecule has 14 nitrogen and oxygen atoms in total. The van der Waals surface area contributed by atoms with Crippen molar-refractivity contribution in [1.29, 1.82) is 5.26 Å². The van der Waals surface area contributed by atoms with Gasteiger partial charge in [0, 0.05) is 25.0 Å². The third-order valence-electron chi connectivity index (χ3n) is 9.22. The van der Waals surface area contributed by atoms with Crippen LogP contribution in [0.5, 0.6) is 0 Å². The lowest BCUT2D eigenvalue weighted by Crippen LogP contribution is -2.42. The van der Waals surface area contributed by atoms with Crippen LogP contribution >= 0.6 is 0 Å². The van der Waals surface area contributed by atoms with Crippen molar-refractivity contribution in [3.05, 3.63) is 66.0 Å². The predicted molar refractivity (Wildman–Crippen MR) is 185 cm³/mol. The molecule has 2 aliphatic rings. The van der Waals surface area contributed by atoms with Gasteiger partial charge in [-0.05, 0) is 54.9 Å². The summed E-state index contributed by atoms with van der Waals surface area (Å²) in [7, 11) is 0. The lowest BCUT2D eigenvalue weighted by atomic mass is 9.92. The molecule has 52 heavy (non-hydrogen) atoms. The molecule has 0 spiro atoms. The Labute approximate surface area is 296 Å². The van der Waals surface area contributed by atoms with Crippen LogP contribution in [0.25, 0.3) is 22.3 Å². The van der Waals surface area contributed by atoms with Crippen LogP contribution in [0.1, 0.15) is 62.6 Å². The van der Waals surface area contributed by atoms with E-state index in [1.54, 1.807) is 17.8 Å². The number of halogens is 3. The largest absolute Gasteiger partial charge is 0.490 e. The standard InChI is InChI=1S/C33H39N9O3.C2HF3O2/c1-2-27(43)39-25-15-26(30(45)29(25)44)42-18-37-28-31(40-33(41-32(28)42)38-23-13-11-22(35)12-14-23)36-17-19-7-9-20(10-8-19)24-6-4-3-5-21(24)16-34;3-2(4,5)1(6)7/h3-10,18,22-23,25-26,29-30,44-45H,2,11-15,17,35H2,1H3,(H,39,43)(H2,36,38,40,41);(H,6,7)/t22?,23?,25-,26+,29+,30-;/m0./s1. The fourth-order valence-corrected chi connectivity index (χ4v) is 6.35. The minimum absolute atomic E-state index is 0.183. The first kappa shape index (κ1) is 37.9. The normalized spacial score (nSPS) is 22.9. The number of amides is 1. The monoisotopic (exact) mass is 723 g/mol. The fourth-order valence-electron chi connectivity index (χ4n) is 6.35. The molecule has 2 aliphatic carbocycles. The number of aliphatic hydroxyl groups excluding tert-OH is 2. The molecule has 1 amide bonds. The Hall–Kier alpha value is -5.31. The number of nitriles is 1. The number of aliphatic carboxylic acids is 1. The van der Waals surface area contributed by atoms with Crippen LogP contribution < -0.4 is 21.7 Å². The minimum atomic E-state index is -5.08. The van der Waals surface area contributed by atoms with Crippen LogP contribution in [0.15, 0.2) is 54.9 Å². The van der Waals surface area contributed by atoms with E-state index in [0.29, 0.717) is 41.5 Å². The van der Waals surface area contributed by atoms with Gasteiger partial charge >= 0.3 is 12.1 Å². The zero-order chi connectivity index (χ0) is 37.6. The molecule has 0 aliphatic heterocycles. The highest BCUT2D eigenvalue weighted by Gasteiger charge is 2.44. The fraction of sp³-hybridized carbons (Fsp3) is 0.429. The van der Waals surface area contributed by atoms with E-state index in [1.165, 1.54) is 0 Å². The second-order valence-electron chi connectivity index (χ2n) is 12.8. The maximum atomic E-state index is 12.1. The van der Waals surface area contributed by atoms with Gasteiger partial charge in [-0.2, -0.15) is 28.4 Å². The van der Waals surface area contributed by atoms with Gasteiger partial charge in [0.25, 0.3) is 0 Å². The van der Waals surface area contributed by atoms with Gasteiger partial charge in [0.05, 0.1) is 30.0 Å². The molecule has 6 rings (SSSR count). The molecule has 2 fully saturated rings. The van der Waals surface area contributed by atoms with Crippen molar-refractivity contribution in [2.24, 2.45) is 5.73 Å². The number of aromatic nitrogens is 4. The number of alkyl halides is 3. The second kappa shape index (κ2) is 16.4. The summed E-state index contributed by atoms with van der Waals surface area (Å²) in [6.07, 6.45) is -1.40. The molecule has 2 heterocycles. The second-order valence-corrected chi connectivity index (χ2v) is 12.8. The number of aliphatic hydroxyl groups is 2. The SMILES string of the molecule is CCC(=O)N[C@H]1C[C@@H](n2cnc3c(NCc4ccc(-c5ccccc5C#N)cc4)nc(NC4CCC(N)CC4)nc32)[C@H](O)[C@@H]1O.O=C(O)C(F)(F)F. The van der Waals surface area contributed by atoms with E-state index in [1.807, 2.05) is 48.5 Å². The molecule has 2 aromatic heterocycles. The highest BCUT2D eigenvalue weighted by Crippen LogP contribution is 2.35. The lowest BCUT2D eigenvalue weighted by Gasteiger charge is -2.27. The molecule has 0 bridgehead atoms. The molecule has 2 aromatic carbocycles. The highest BCUT2D eigenvalue weighted by molar-refractivity contribution is 5.84. The van der Waals surface area contributed by atoms with Crippen LogP contribution in [0.2, 0.25) is 0 Å². The topological polar surface area (TPSA) is 224 Å². The first-order chi connectivity index (χ1) is 24.8. The smallest absolute Gasteiger partial charge is 0.475 e. The summed E-state index contributed by atoms with van der Waals surface area (Å²) >= 11 is 0. The number of carbonyl (C=O) groups is 2. The number of nitrogens with one attached hydrogen (secondary N) is 3. The Balaban J connectivity index is 0.000000679. The van der Waals surface area contributed by atoms with Crippen molar-refractivity contribution in [2.45, 2.75) is 94.5 Å². The number of rotatable bonds is 9. The molecular weight excluding hydrogens is 683 g/mol. The number of nitrogens with two attached hydrogens (primary N) is 1. The van der Waals surface area contributed by atoms with Gasteiger partial charge in [0.2, 0.25) is 11.9 Å². The molecule has 8 N–H and O–H groups in total. The Morgan fingerprint density at radius 2 is 1.71 bits per heavy atom. The van der Waals surface area contributed by atoms with Gasteiger partial charge in [-0.3, -0.25) is 4.79 Å². The number of imidazole rings is 1. The highest BCUT2D eigenvalue weighted by atomic mass is 19.4. The van der Waals surface area contributed by atoms with E-state index in [-0.39, 0.29) is 24.4 Å². The van der Waals surface area contributed by atoms with Crippen molar-refractivity contribution < 1.29 is 38.1 Å². The van der Waals surface area contributed by atoms with Crippen molar-refractivity contribution in [3.8, 4) is 17.2 Å². The first-order valence-electron chi connectivity index (χ1n) is 16.8. The van der Waals surface area contributed by atoms with Crippen LogP contribution in [-0.2, 0) is 16.1 Å². The van der Waals surface area contributed by atoms with Crippen LogP contribution in [0, 0.1) is 11.3 Å². The number of carbonyl (C=O) groups excluding carboxylic acids is 1. The summed E-state index contributed by atoms with van der Waals surface area (Å²) in [5.41, 5.74) is 10.7. The summed E-state index contributed by atoms with van der Waals surface area (Å²) in [5, 5.41) is 48.1. The summed E-state index contributed by atoms with van der Waals surface area (Å²) < 4.78 is 33.5. The minimum Gasteiger partial charge on any atom is -0.475 e. The van der Waals surface area contributed by atoms with Crippen molar-refractivity contribution in [3.63, 3.8) is 0 Å². The maximum Gasteiger partial charge on any atom is 0.490 e. The van der Waals surface area contributed by atoms with Gasteiger partial charge < -0.3 is 41.6 Å². The van der Waals surface area contributed by atoms with Crippen molar-refractivity contribution in [1.82, 2.24) is 24.8 Å². The van der Waals surface area contributed by atoms with E-state index in [4.69, 9.17) is 25.6 Å². The lowest BCUT2D eigenvalue weighted by molar-refractivity contribution is -0.192. The van der Waals surface area contributed by atoms with E-state index >= 15 is 0 Å². The number of fused-ring (bicyclic) bond motifs is 1. The van der Waals surface area contributed by atoms with Gasteiger partial charge in [0.1, 0.15) is 12.2 Å². The third-order valence-corrected chi connectivity index (χ3v) is 9.22. The quantitative estimate of drug-likeness (QED) is 0.131. The van der Waals surface area contributed by atoms with Crippen LogP contribution in [0.3, 0.4) is 0 Å². The van der Waals surface area contributed by atoms with Crippen LogP contribution in [-0.4, -0.2) is 83.2 Å². The average molecular weight is 724 g/mol. The van der Waals surface area contributed by atoms with Gasteiger partial charge in [-0.1, -0.05) is 49.4 Å². The maximum absolute atomic E-state index is 12.1. The zero-order valence-electron chi connectivity index (χ0n) is 28.2. The molecule has 2 saturated carbocycles. The van der Waals surface area contributed by atoms with Crippen molar-refractivity contribution >= 4 is 34.8 Å². The molecular formula is C35H40F3N9O5. The van der Waals surface area contributed by atoms with E-state index in [2.05, 4.69) is 27.0 Å². The number of hydrogen-bond acceptors (Lipinski definition) is 11.